The first-order valence-corrected chi connectivity index (χ1v) is 9.53. The quantitative estimate of drug-likeness (QED) is 0.791. The van der Waals surface area contributed by atoms with Gasteiger partial charge in [0.15, 0.2) is 0 Å². The molecule has 3 rings (SSSR count). The van der Waals surface area contributed by atoms with Gasteiger partial charge in [0.2, 0.25) is 11.8 Å². The first kappa shape index (κ1) is 17.7. The van der Waals surface area contributed by atoms with Crippen LogP contribution in [0, 0.1) is 17.3 Å². The fourth-order valence-corrected chi connectivity index (χ4v) is 4.71. The Morgan fingerprint density at radius 3 is 2.29 bits per heavy atom. The van der Waals surface area contributed by atoms with Crippen LogP contribution in [0.3, 0.4) is 0 Å². The third kappa shape index (κ3) is 3.07. The zero-order chi connectivity index (χ0) is 17.5. The molecule has 3 heterocycles. The Labute approximate surface area is 145 Å². The molecule has 5 nitrogen and oxygen atoms in total. The molecule has 0 aliphatic carbocycles. The van der Waals surface area contributed by atoms with Crippen molar-refractivity contribution in [1.29, 1.82) is 0 Å². The van der Waals surface area contributed by atoms with E-state index in [9.17, 15) is 9.59 Å². The van der Waals surface area contributed by atoms with E-state index in [-0.39, 0.29) is 29.2 Å². The Morgan fingerprint density at radius 2 is 1.75 bits per heavy atom. The van der Waals surface area contributed by atoms with Gasteiger partial charge in [-0.05, 0) is 31.6 Å². The first-order chi connectivity index (χ1) is 11.3. The standard InChI is InChI=1S/C19H32N2O3/c1-13(2)9-19(11-24-12-19)18(23)20-8-7-15-5-6-16(10-20)21(15)17(22)14(3)4/h13-16H,5-12H2,1-4H3. The molecule has 3 saturated heterocycles. The third-order valence-electron chi connectivity index (χ3n) is 5.83. The van der Waals surface area contributed by atoms with Gasteiger partial charge >= 0.3 is 0 Å². The van der Waals surface area contributed by atoms with Crippen LogP contribution in [0.5, 0.6) is 0 Å². The highest BCUT2D eigenvalue weighted by Gasteiger charge is 2.50. The largest absolute Gasteiger partial charge is 0.379 e. The molecule has 0 aromatic rings. The molecular formula is C19H32N2O3. The molecule has 24 heavy (non-hydrogen) atoms. The van der Waals surface area contributed by atoms with E-state index in [0.717, 1.165) is 32.2 Å². The molecule has 5 heteroatoms. The van der Waals surface area contributed by atoms with Gasteiger partial charge in [-0.25, -0.2) is 0 Å². The van der Waals surface area contributed by atoms with Crippen molar-refractivity contribution >= 4 is 11.8 Å². The summed E-state index contributed by atoms with van der Waals surface area (Å²) in [5, 5.41) is 0. The Balaban J connectivity index is 1.73. The van der Waals surface area contributed by atoms with Crippen LogP contribution < -0.4 is 0 Å². The number of amides is 2. The average molecular weight is 336 g/mol. The predicted molar refractivity (Wildman–Crippen MR) is 92.4 cm³/mol. The molecule has 136 valence electrons. The monoisotopic (exact) mass is 336 g/mol. The number of carbonyl (C=O) groups is 2. The number of ether oxygens (including phenoxy) is 1. The summed E-state index contributed by atoms with van der Waals surface area (Å²) in [6, 6.07) is 0.523. The molecule has 0 N–H and O–H groups in total. The molecule has 3 fully saturated rings. The normalized spacial score (nSPS) is 28.9. The van der Waals surface area contributed by atoms with Gasteiger partial charge in [-0.1, -0.05) is 27.7 Å². The maximum absolute atomic E-state index is 13.2. The first-order valence-electron chi connectivity index (χ1n) is 9.53. The number of hydrogen-bond donors (Lipinski definition) is 0. The minimum absolute atomic E-state index is 0.0302. The van der Waals surface area contributed by atoms with E-state index in [1.807, 2.05) is 18.7 Å². The van der Waals surface area contributed by atoms with Crippen molar-refractivity contribution in [3.05, 3.63) is 0 Å². The van der Waals surface area contributed by atoms with Crippen molar-refractivity contribution in [2.75, 3.05) is 26.3 Å². The smallest absolute Gasteiger partial charge is 0.233 e. The van der Waals surface area contributed by atoms with Crippen LogP contribution in [-0.4, -0.2) is 60.0 Å². The molecular weight excluding hydrogens is 304 g/mol. The summed E-state index contributed by atoms with van der Waals surface area (Å²) in [5.74, 6) is 1.02. The van der Waals surface area contributed by atoms with Crippen LogP contribution in [0.2, 0.25) is 0 Å². The number of fused-ring (bicyclic) bond motifs is 2. The van der Waals surface area contributed by atoms with Gasteiger partial charge < -0.3 is 14.5 Å². The van der Waals surface area contributed by atoms with Crippen molar-refractivity contribution < 1.29 is 14.3 Å². The van der Waals surface area contributed by atoms with Gasteiger partial charge in [0.05, 0.1) is 18.6 Å². The highest BCUT2D eigenvalue weighted by atomic mass is 16.5. The zero-order valence-electron chi connectivity index (χ0n) is 15.6. The van der Waals surface area contributed by atoms with Crippen LogP contribution >= 0.6 is 0 Å². The van der Waals surface area contributed by atoms with E-state index >= 15 is 0 Å². The van der Waals surface area contributed by atoms with Crippen LogP contribution in [0.25, 0.3) is 0 Å². The van der Waals surface area contributed by atoms with Gasteiger partial charge in [0.1, 0.15) is 0 Å². The number of rotatable bonds is 4. The third-order valence-corrected chi connectivity index (χ3v) is 5.83. The predicted octanol–water partition coefficient (Wildman–Crippen LogP) is 2.30. The van der Waals surface area contributed by atoms with Crippen LogP contribution in [-0.2, 0) is 14.3 Å². The van der Waals surface area contributed by atoms with Gasteiger partial charge in [-0.15, -0.1) is 0 Å². The molecule has 3 aliphatic heterocycles. The van der Waals surface area contributed by atoms with Gasteiger partial charge in [0.25, 0.3) is 0 Å². The second-order valence-electron chi connectivity index (χ2n) is 8.70. The molecule has 0 spiro atoms. The van der Waals surface area contributed by atoms with Crippen molar-refractivity contribution in [2.24, 2.45) is 17.3 Å². The molecule has 2 unspecified atom stereocenters. The van der Waals surface area contributed by atoms with E-state index in [1.165, 1.54) is 0 Å². The number of carbonyl (C=O) groups excluding carboxylic acids is 2. The Kier molecular flexibility index (Phi) is 4.92. The summed E-state index contributed by atoms with van der Waals surface area (Å²) in [6.07, 6.45) is 3.93. The molecule has 2 atom stereocenters. The van der Waals surface area contributed by atoms with E-state index in [1.54, 1.807) is 0 Å². The topological polar surface area (TPSA) is 49.9 Å². The fourth-order valence-electron chi connectivity index (χ4n) is 4.71. The lowest BCUT2D eigenvalue weighted by atomic mass is 9.77. The summed E-state index contributed by atoms with van der Waals surface area (Å²) in [6.45, 7) is 10.9. The maximum atomic E-state index is 13.2. The lowest BCUT2D eigenvalue weighted by Crippen LogP contribution is -2.57. The summed E-state index contributed by atoms with van der Waals surface area (Å²) in [7, 11) is 0. The number of likely N-dealkylation sites (tertiary alicyclic amines) is 1. The van der Waals surface area contributed by atoms with E-state index in [4.69, 9.17) is 4.74 Å². The van der Waals surface area contributed by atoms with Gasteiger partial charge in [0, 0.05) is 31.1 Å². The summed E-state index contributed by atoms with van der Waals surface area (Å²) in [5.41, 5.74) is -0.315. The summed E-state index contributed by atoms with van der Waals surface area (Å²) < 4.78 is 5.42. The van der Waals surface area contributed by atoms with Crippen molar-refractivity contribution in [3.63, 3.8) is 0 Å². The number of hydrogen-bond acceptors (Lipinski definition) is 3. The maximum Gasteiger partial charge on any atom is 0.233 e. The molecule has 2 amide bonds. The summed E-state index contributed by atoms with van der Waals surface area (Å²) in [4.78, 5) is 30.0. The minimum atomic E-state index is -0.315. The molecule has 3 aliphatic rings. The molecule has 2 bridgehead atoms. The Morgan fingerprint density at radius 1 is 1.08 bits per heavy atom. The average Bonchev–Trinajstić information content (AvgIpc) is 2.75. The van der Waals surface area contributed by atoms with Crippen molar-refractivity contribution in [2.45, 2.75) is 65.5 Å². The molecule has 0 aromatic carbocycles. The zero-order valence-corrected chi connectivity index (χ0v) is 15.6. The van der Waals surface area contributed by atoms with Gasteiger partial charge in [-0.2, -0.15) is 0 Å². The van der Waals surface area contributed by atoms with Crippen LogP contribution in [0.15, 0.2) is 0 Å². The van der Waals surface area contributed by atoms with E-state index in [2.05, 4.69) is 18.7 Å². The van der Waals surface area contributed by atoms with Crippen molar-refractivity contribution in [3.8, 4) is 0 Å². The van der Waals surface area contributed by atoms with Crippen LogP contribution in [0.1, 0.15) is 53.4 Å². The van der Waals surface area contributed by atoms with E-state index in [0.29, 0.717) is 31.7 Å². The lowest BCUT2D eigenvalue weighted by Gasteiger charge is -2.44. The second-order valence-corrected chi connectivity index (χ2v) is 8.70. The lowest BCUT2D eigenvalue weighted by molar-refractivity contribution is -0.176. The van der Waals surface area contributed by atoms with Crippen LogP contribution in [0.4, 0.5) is 0 Å². The van der Waals surface area contributed by atoms with Gasteiger partial charge in [-0.3, -0.25) is 9.59 Å². The Hall–Kier alpha value is -1.10. The molecule has 0 aromatic heterocycles. The highest BCUT2D eigenvalue weighted by Crippen LogP contribution is 2.39. The fraction of sp³-hybridized carbons (Fsp3) is 0.895. The summed E-state index contributed by atoms with van der Waals surface area (Å²) >= 11 is 0. The van der Waals surface area contributed by atoms with Crippen molar-refractivity contribution in [1.82, 2.24) is 9.80 Å². The highest BCUT2D eigenvalue weighted by molar-refractivity contribution is 5.84. The molecule has 0 radical (unpaired) electrons. The molecule has 0 saturated carbocycles. The SMILES string of the molecule is CC(C)CC1(C(=O)N2CCC3CCC(C2)N3C(=O)C(C)C)COC1. The van der Waals surface area contributed by atoms with E-state index < -0.39 is 0 Å². The Bertz CT molecular complexity index is 499. The second kappa shape index (κ2) is 6.66. The number of nitrogens with zero attached hydrogens (tertiary/aromatic N) is 2. The minimum Gasteiger partial charge on any atom is -0.379 e.